The van der Waals surface area contributed by atoms with Crippen LogP contribution in [-0.4, -0.2) is 35.2 Å². The Hall–Kier alpha value is -0.0800. The lowest BCUT2D eigenvalue weighted by molar-refractivity contribution is 0.0203. The Balaban J connectivity index is 2.01. The quantitative estimate of drug-likeness (QED) is 0.705. The summed E-state index contributed by atoms with van der Waals surface area (Å²) in [5.41, 5.74) is 0.195. The number of hydrogen-bond acceptors (Lipinski definition) is 2. The summed E-state index contributed by atoms with van der Waals surface area (Å²) in [7, 11) is 0. The van der Waals surface area contributed by atoms with E-state index in [4.69, 9.17) is 0 Å². The Morgan fingerprint density at radius 1 is 0.923 bits per heavy atom. The smallest absolute Gasteiger partial charge is 0.0615 e. The van der Waals surface area contributed by atoms with E-state index in [9.17, 15) is 5.11 Å². The highest BCUT2D eigenvalue weighted by atomic mass is 16.3. The molecule has 1 heterocycles. The molecule has 1 saturated heterocycles. The van der Waals surface area contributed by atoms with E-state index >= 15 is 0 Å². The van der Waals surface area contributed by atoms with Gasteiger partial charge in [0.05, 0.1) is 6.61 Å². The topological polar surface area (TPSA) is 23.5 Å². The third-order valence-corrected chi connectivity index (χ3v) is 3.86. The van der Waals surface area contributed by atoms with Crippen LogP contribution in [0.25, 0.3) is 0 Å². The molecule has 0 aromatic heterocycles. The molecule has 1 aliphatic carbocycles. The van der Waals surface area contributed by atoms with Crippen LogP contribution in [0, 0.1) is 0 Å². The highest BCUT2D eigenvalue weighted by Gasteiger charge is 2.38. The molecule has 0 aromatic rings. The van der Waals surface area contributed by atoms with Gasteiger partial charge in [-0.15, -0.1) is 0 Å². The highest BCUT2D eigenvalue weighted by molar-refractivity contribution is 4.95. The van der Waals surface area contributed by atoms with Gasteiger partial charge in [-0.3, -0.25) is 4.90 Å². The maximum atomic E-state index is 9.53. The SMILES string of the molecule is OCC1(N2CCCCC2)CCCC1. The van der Waals surface area contributed by atoms with Crippen LogP contribution in [-0.2, 0) is 0 Å². The Labute approximate surface area is 80.9 Å². The van der Waals surface area contributed by atoms with Crippen LogP contribution in [0.3, 0.4) is 0 Å². The van der Waals surface area contributed by atoms with Gasteiger partial charge in [0, 0.05) is 5.54 Å². The zero-order valence-electron chi connectivity index (χ0n) is 8.47. The van der Waals surface area contributed by atoms with Crippen molar-refractivity contribution in [1.82, 2.24) is 4.90 Å². The van der Waals surface area contributed by atoms with E-state index in [-0.39, 0.29) is 5.54 Å². The normalized spacial score (nSPS) is 29.3. The van der Waals surface area contributed by atoms with E-state index < -0.39 is 0 Å². The number of piperidine rings is 1. The zero-order chi connectivity index (χ0) is 9.15. The van der Waals surface area contributed by atoms with E-state index in [0.29, 0.717) is 6.61 Å². The van der Waals surface area contributed by atoms with Gasteiger partial charge in [-0.05, 0) is 38.8 Å². The maximum Gasteiger partial charge on any atom is 0.0615 e. The average Bonchev–Trinajstić information content (AvgIpc) is 2.69. The number of aliphatic hydroxyl groups is 1. The van der Waals surface area contributed by atoms with Crippen LogP contribution in [0.1, 0.15) is 44.9 Å². The Morgan fingerprint density at radius 3 is 2.08 bits per heavy atom. The van der Waals surface area contributed by atoms with Gasteiger partial charge in [0.15, 0.2) is 0 Å². The van der Waals surface area contributed by atoms with E-state index in [1.165, 1.54) is 58.0 Å². The van der Waals surface area contributed by atoms with Crippen molar-refractivity contribution < 1.29 is 5.11 Å². The van der Waals surface area contributed by atoms with E-state index in [0.717, 1.165) is 0 Å². The summed E-state index contributed by atoms with van der Waals surface area (Å²) in [5.74, 6) is 0. The van der Waals surface area contributed by atoms with Crippen molar-refractivity contribution in [3.8, 4) is 0 Å². The Kier molecular flexibility index (Phi) is 2.89. The Morgan fingerprint density at radius 2 is 1.54 bits per heavy atom. The third-order valence-electron chi connectivity index (χ3n) is 3.86. The van der Waals surface area contributed by atoms with Gasteiger partial charge in [0.1, 0.15) is 0 Å². The van der Waals surface area contributed by atoms with Gasteiger partial charge in [0.2, 0.25) is 0 Å². The minimum atomic E-state index is 0.195. The number of hydrogen-bond donors (Lipinski definition) is 1. The fourth-order valence-corrected chi connectivity index (χ4v) is 2.98. The van der Waals surface area contributed by atoms with Gasteiger partial charge < -0.3 is 5.11 Å². The number of rotatable bonds is 2. The van der Waals surface area contributed by atoms with Crippen molar-refractivity contribution >= 4 is 0 Å². The first-order valence-electron chi connectivity index (χ1n) is 5.73. The first-order chi connectivity index (χ1) is 6.37. The lowest BCUT2D eigenvalue weighted by Gasteiger charge is -2.42. The summed E-state index contributed by atoms with van der Waals surface area (Å²) in [5, 5.41) is 9.53. The predicted molar refractivity (Wildman–Crippen MR) is 53.7 cm³/mol. The summed E-state index contributed by atoms with van der Waals surface area (Å²) in [6.45, 7) is 2.83. The van der Waals surface area contributed by atoms with Crippen LogP contribution in [0.4, 0.5) is 0 Å². The molecule has 0 unspecified atom stereocenters. The van der Waals surface area contributed by atoms with Crippen molar-refractivity contribution in [2.45, 2.75) is 50.5 Å². The number of likely N-dealkylation sites (tertiary alicyclic amines) is 1. The molecule has 1 N–H and O–H groups in total. The molecule has 1 aliphatic heterocycles. The fourth-order valence-electron chi connectivity index (χ4n) is 2.98. The van der Waals surface area contributed by atoms with Crippen LogP contribution >= 0.6 is 0 Å². The standard InChI is InChI=1S/C11H21NO/c13-10-11(6-2-3-7-11)12-8-4-1-5-9-12/h13H,1-10H2. The largest absolute Gasteiger partial charge is 0.394 e. The molecular formula is C11H21NO. The molecule has 2 nitrogen and oxygen atoms in total. The lowest BCUT2D eigenvalue weighted by atomic mass is 9.93. The lowest BCUT2D eigenvalue weighted by Crippen LogP contribution is -2.51. The molecule has 0 atom stereocenters. The van der Waals surface area contributed by atoms with Gasteiger partial charge in [-0.2, -0.15) is 0 Å². The second-order valence-electron chi connectivity index (χ2n) is 4.64. The van der Waals surface area contributed by atoms with E-state index in [2.05, 4.69) is 4.90 Å². The van der Waals surface area contributed by atoms with Crippen LogP contribution < -0.4 is 0 Å². The molecule has 13 heavy (non-hydrogen) atoms. The molecule has 0 radical (unpaired) electrons. The van der Waals surface area contributed by atoms with Gasteiger partial charge >= 0.3 is 0 Å². The molecule has 0 bridgehead atoms. The average molecular weight is 183 g/mol. The minimum Gasteiger partial charge on any atom is -0.394 e. The van der Waals surface area contributed by atoms with Gasteiger partial charge in [-0.25, -0.2) is 0 Å². The van der Waals surface area contributed by atoms with Crippen LogP contribution in [0.15, 0.2) is 0 Å². The number of aliphatic hydroxyl groups excluding tert-OH is 1. The molecule has 2 heteroatoms. The minimum absolute atomic E-state index is 0.195. The van der Waals surface area contributed by atoms with Crippen molar-refractivity contribution in [2.24, 2.45) is 0 Å². The summed E-state index contributed by atoms with van der Waals surface area (Å²) in [6, 6.07) is 0. The molecule has 0 aromatic carbocycles. The van der Waals surface area contributed by atoms with E-state index in [1.807, 2.05) is 0 Å². The maximum absolute atomic E-state index is 9.53. The zero-order valence-corrected chi connectivity index (χ0v) is 8.47. The monoisotopic (exact) mass is 183 g/mol. The molecule has 76 valence electrons. The van der Waals surface area contributed by atoms with E-state index in [1.54, 1.807) is 0 Å². The van der Waals surface area contributed by atoms with Crippen molar-refractivity contribution in [2.75, 3.05) is 19.7 Å². The molecule has 0 amide bonds. The second-order valence-corrected chi connectivity index (χ2v) is 4.64. The molecule has 2 aliphatic rings. The third kappa shape index (κ3) is 1.75. The summed E-state index contributed by atoms with van der Waals surface area (Å²) in [4.78, 5) is 2.56. The highest BCUT2D eigenvalue weighted by Crippen LogP contribution is 2.36. The fraction of sp³-hybridized carbons (Fsp3) is 1.00. The molecule has 1 saturated carbocycles. The summed E-state index contributed by atoms with van der Waals surface area (Å²) >= 11 is 0. The van der Waals surface area contributed by atoms with Gasteiger partial charge in [-0.1, -0.05) is 19.3 Å². The van der Waals surface area contributed by atoms with Crippen molar-refractivity contribution in [3.05, 3.63) is 0 Å². The molecule has 2 fully saturated rings. The van der Waals surface area contributed by atoms with Gasteiger partial charge in [0.25, 0.3) is 0 Å². The summed E-state index contributed by atoms with van der Waals surface area (Å²) < 4.78 is 0. The second kappa shape index (κ2) is 3.97. The van der Waals surface area contributed by atoms with Crippen LogP contribution in [0.2, 0.25) is 0 Å². The van der Waals surface area contributed by atoms with Crippen LogP contribution in [0.5, 0.6) is 0 Å². The first kappa shape index (κ1) is 9.47. The Bertz CT molecular complexity index is 157. The molecule has 2 rings (SSSR count). The number of nitrogens with zero attached hydrogens (tertiary/aromatic N) is 1. The summed E-state index contributed by atoms with van der Waals surface area (Å²) in [6.07, 6.45) is 9.14. The first-order valence-corrected chi connectivity index (χ1v) is 5.73. The molecule has 0 spiro atoms. The molecular weight excluding hydrogens is 162 g/mol. The van der Waals surface area contributed by atoms with Crippen molar-refractivity contribution in [1.29, 1.82) is 0 Å². The van der Waals surface area contributed by atoms with Crippen molar-refractivity contribution in [3.63, 3.8) is 0 Å². The predicted octanol–water partition coefficient (Wildman–Crippen LogP) is 1.78.